The SMILES string of the molecule is COC(=O)c1ccccc1NC(=S)N1C2CCC1CC(NC(=O)NC13CC4CC(CC(C4)C1)C3)C2. The van der Waals surface area contributed by atoms with Gasteiger partial charge in [0, 0.05) is 23.7 Å². The van der Waals surface area contributed by atoms with Gasteiger partial charge in [-0.1, -0.05) is 12.1 Å². The first-order chi connectivity index (χ1) is 16.9. The van der Waals surface area contributed by atoms with Gasteiger partial charge in [0.15, 0.2) is 5.11 Å². The highest BCUT2D eigenvalue weighted by molar-refractivity contribution is 7.80. The van der Waals surface area contributed by atoms with Crippen molar-refractivity contribution in [3.63, 3.8) is 0 Å². The molecule has 2 heterocycles. The van der Waals surface area contributed by atoms with E-state index in [9.17, 15) is 9.59 Å². The number of hydrogen-bond acceptors (Lipinski definition) is 4. The number of nitrogens with zero attached hydrogens (tertiary/aromatic N) is 1. The van der Waals surface area contributed by atoms with E-state index in [1.165, 1.54) is 45.6 Å². The molecule has 0 radical (unpaired) electrons. The molecule has 2 unspecified atom stereocenters. The number of methoxy groups -OCH3 is 1. The van der Waals surface area contributed by atoms with Crippen molar-refractivity contribution in [1.29, 1.82) is 0 Å². The van der Waals surface area contributed by atoms with Crippen molar-refractivity contribution in [3.05, 3.63) is 29.8 Å². The van der Waals surface area contributed by atoms with E-state index in [0.717, 1.165) is 43.4 Å². The zero-order chi connectivity index (χ0) is 24.2. The summed E-state index contributed by atoms with van der Waals surface area (Å²) in [7, 11) is 1.38. The van der Waals surface area contributed by atoms with Gasteiger partial charge in [0.05, 0.1) is 18.4 Å². The van der Waals surface area contributed by atoms with Gasteiger partial charge in [-0.25, -0.2) is 9.59 Å². The Kier molecular flexibility index (Phi) is 5.90. The summed E-state index contributed by atoms with van der Waals surface area (Å²) in [6.07, 6.45) is 11.6. The van der Waals surface area contributed by atoms with Gasteiger partial charge >= 0.3 is 12.0 Å². The third-order valence-corrected chi connectivity index (χ3v) is 9.61. The number of amides is 2. The number of nitrogens with one attached hydrogen (secondary N) is 3. The fourth-order valence-corrected chi connectivity index (χ4v) is 8.82. The fourth-order valence-electron chi connectivity index (χ4n) is 8.41. The van der Waals surface area contributed by atoms with E-state index in [4.69, 9.17) is 17.0 Å². The van der Waals surface area contributed by atoms with E-state index >= 15 is 0 Å². The molecule has 7 nitrogen and oxygen atoms in total. The molecule has 0 aromatic heterocycles. The minimum absolute atomic E-state index is 0.0255. The highest BCUT2D eigenvalue weighted by atomic mass is 32.1. The van der Waals surface area contributed by atoms with E-state index in [0.29, 0.717) is 28.4 Å². The third-order valence-electron chi connectivity index (χ3n) is 9.29. The second kappa shape index (κ2) is 8.95. The van der Waals surface area contributed by atoms with Crippen LogP contribution < -0.4 is 16.0 Å². The Hall–Kier alpha value is -2.35. The number of hydrogen-bond donors (Lipinski definition) is 3. The van der Waals surface area contributed by atoms with Crippen molar-refractivity contribution in [2.24, 2.45) is 17.8 Å². The molecule has 2 saturated heterocycles. The van der Waals surface area contributed by atoms with Crippen molar-refractivity contribution >= 4 is 35.0 Å². The number of piperidine rings is 1. The van der Waals surface area contributed by atoms with Crippen LogP contribution in [0, 0.1) is 17.8 Å². The highest BCUT2D eigenvalue weighted by Crippen LogP contribution is 2.55. The normalized spacial score (nSPS) is 36.5. The summed E-state index contributed by atoms with van der Waals surface area (Å²) in [5, 5.41) is 10.7. The number of carbonyl (C=O) groups excluding carboxylic acids is 2. The zero-order valence-corrected chi connectivity index (χ0v) is 21.2. The first kappa shape index (κ1) is 23.1. The summed E-state index contributed by atoms with van der Waals surface area (Å²) in [5.41, 5.74) is 1.18. The van der Waals surface area contributed by atoms with Crippen LogP contribution in [-0.4, -0.2) is 52.8 Å². The number of urea groups is 1. The van der Waals surface area contributed by atoms with Crippen molar-refractivity contribution in [2.75, 3.05) is 12.4 Å². The van der Waals surface area contributed by atoms with Crippen LogP contribution in [0.2, 0.25) is 0 Å². The summed E-state index contributed by atoms with van der Waals surface area (Å²) in [4.78, 5) is 27.5. The molecular formula is C27H36N4O3S. The Balaban J connectivity index is 1.06. The molecule has 35 heavy (non-hydrogen) atoms. The Labute approximate surface area is 212 Å². The summed E-state index contributed by atoms with van der Waals surface area (Å²) in [6, 6.07) is 8.07. The smallest absolute Gasteiger partial charge is 0.339 e. The summed E-state index contributed by atoms with van der Waals surface area (Å²) < 4.78 is 4.91. The quantitative estimate of drug-likeness (QED) is 0.423. The number of fused-ring (bicyclic) bond motifs is 2. The number of para-hydroxylation sites is 1. The van der Waals surface area contributed by atoms with Gasteiger partial charge in [-0.3, -0.25) is 0 Å². The molecule has 3 N–H and O–H groups in total. The van der Waals surface area contributed by atoms with Gasteiger partial charge in [-0.05, 0) is 106 Å². The van der Waals surface area contributed by atoms with Gasteiger partial charge in [-0.15, -0.1) is 0 Å². The lowest BCUT2D eigenvalue weighted by Gasteiger charge is -2.56. The minimum atomic E-state index is -0.383. The summed E-state index contributed by atoms with van der Waals surface area (Å²) in [5.74, 6) is 2.07. The molecule has 188 valence electrons. The van der Waals surface area contributed by atoms with Crippen LogP contribution in [0.4, 0.5) is 10.5 Å². The van der Waals surface area contributed by atoms with Crippen molar-refractivity contribution in [2.45, 2.75) is 87.9 Å². The van der Waals surface area contributed by atoms with Crippen LogP contribution in [0.3, 0.4) is 0 Å². The average molecular weight is 497 g/mol. The maximum atomic E-state index is 13.1. The predicted octanol–water partition coefficient (Wildman–Crippen LogP) is 4.43. The molecule has 1 aromatic rings. The molecule has 8 heteroatoms. The molecule has 6 aliphatic rings. The number of carbonyl (C=O) groups is 2. The Morgan fingerprint density at radius 2 is 1.57 bits per heavy atom. The second-order valence-corrected chi connectivity index (χ2v) is 12.1. The van der Waals surface area contributed by atoms with Gasteiger partial charge in [-0.2, -0.15) is 0 Å². The van der Waals surface area contributed by atoms with Gasteiger partial charge in [0.25, 0.3) is 0 Å². The number of anilines is 1. The van der Waals surface area contributed by atoms with E-state index < -0.39 is 0 Å². The van der Waals surface area contributed by atoms with Crippen LogP contribution in [0.1, 0.15) is 74.6 Å². The molecule has 4 saturated carbocycles. The predicted molar refractivity (Wildman–Crippen MR) is 138 cm³/mol. The van der Waals surface area contributed by atoms with Crippen LogP contribution in [0.15, 0.2) is 24.3 Å². The Morgan fingerprint density at radius 3 is 2.17 bits per heavy atom. The minimum Gasteiger partial charge on any atom is -0.465 e. The maximum Gasteiger partial charge on any atom is 0.339 e. The highest BCUT2D eigenvalue weighted by Gasteiger charge is 2.52. The van der Waals surface area contributed by atoms with E-state index in [1.807, 2.05) is 18.2 Å². The summed E-state index contributed by atoms with van der Waals surface area (Å²) >= 11 is 5.79. The third kappa shape index (κ3) is 4.39. The van der Waals surface area contributed by atoms with Crippen LogP contribution in [-0.2, 0) is 4.74 Å². The van der Waals surface area contributed by atoms with Crippen LogP contribution >= 0.6 is 12.2 Å². The van der Waals surface area contributed by atoms with Gasteiger partial charge in [0.2, 0.25) is 0 Å². The van der Waals surface area contributed by atoms with E-state index in [2.05, 4.69) is 20.9 Å². The fraction of sp³-hybridized carbons (Fsp3) is 0.667. The van der Waals surface area contributed by atoms with Crippen LogP contribution in [0.5, 0.6) is 0 Å². The zero-order valence-electron chi connectivity index (χ0n) is 20.4. The maximum absolute atomic E-state index is 13.1. The molecule has 7 rings (SSSR count). The van der Waals surface area contributed by atoms with E-state index in [1.54, 1.807) is 6.07 Å². The summed E-state index contributed by atoms with van der Waals surface area (Å²) in [6.45, 7) is 0. The van der Waals surface area contributed by atoms with E-state index in [-0.39, 0.29) is 23.6 Å². The van der Waals surface area contributed by atoms with Crippen molar-refractivity contribution < 1.29 is 14.3 Å². The number of thiocarbonyl (C=S) groups is 1. The molecule has 6 fully saturated rings. The van der Waals surface area contributed by atoms with Crippen molar-refractivity contribution in [3.8, 4) is 0 Å². The lowest BCUT2D eigenvalue weighted by atomic mass is 9.53. The average Bonchev–Trinajstić information content (AvgIpc) is 3.08. The lowest BCUT2D eigenvalue weighted by molar-refractivity contribution is -0.0138. The lowest BCUT2D eigenvalue weighted by Crippen LogP contribution is -2.63. The number of ether oxygens (including phenoxy) is 1. The number of rotatable bonds is 4. The van der Waals surface area contributed by atoms with Gasteiger partial charge in [0.1, 0.15) is 0 Å². The first-order valence-electron chi connectivity index (χ1n) is 13.3. The molecular weight excluding hydrogens is 460 g/mol. The molecule has 2 amide bonds. The molecule has 2 atom stereocenters. The largest absolute Gasteiger partial charge is 0.465 e. The van der Waals surface area contributed by atoms with Crippen LogP contribution in [0.25, 0.3) is 0 Å². The van der Waals surface area contributed by atoms with Crippen molar-refractivity contribution in [1.82, 2.24) is 15.5 Å². The monoisotopic (exact) mass is 496 g/mol. The number of esters is 1. The Morgan fingerprint density at radius 1 is 0.971 bits per heavy atom. The Bertz CT molecular complexity index is 980. The first-order valence-corrected chi connectivity index (χ1v) is 13.7. The standard InChI is InChI=1S/C27H36N4O3S/c1-34-24(32)22-4-2-3-5-23(22)29-26(35)31-20-6-7-21(31)12-19(11-20)28-25(33)30-27-13-16-8-17(14-27)10-18(9-16)15-27/h2-5,16-21H,6-15H2,1H3,(H,29,35)(H2,28,30,33). The second-order valence-electron chi connectivity index (χ2n) is 11.7. The molecule has 2 aliphatic heterocycles. The molecule has 1 aromatic carbocycles. The number of benzene rings is 1. The topological polar surface area (TPSA) is 82.7 Å². The van der Waals surface area contributed by atoms with Gasteiger partial charge < -0.3 is 25.6 Å². The molecule has 6 bridgehead atoms. The molecule has 0 spiro atoms. The molecule has 4 aliphatic carbocycles.